The van der Waals surface area contributed by atoms with Crippen LogP contribution in [0.15, 0.2) is 30.5 Å². The van der Waals surface area contributed by atoms with Crippen molar-refractivity contribution in [2.45, 2.75) is 38.5 Å². The highest BCUT2D eigenvalue weighted by Crippen LogP contribution is 2.34. The van der Waals surface area contributed by atoms with Crippen LogP contribution in [-0.2, 0) is 13.6 Å². The van der Waals surface area contributed by atoms with Gasteiger partial charge in [-0.1, -0.05) is 0 Å². The Balaban J connectivity index is 1.69. The molecule has 170 valence electrons. The molecule has 3 aromatic rings. The third-order valence-electron chi connectivity index (χ3n) is 5.52. The molecule has 2 aromatic heterocycles. The number of nitrogens with zero attached hydrogens (tertiary/aromatic N) is 4. The Labute approximate surface area is 189 Å². The van der Waals surface area contributed by atoms with Crippen LogP contribution in [-0.4, -0.2) is 31.9 Å². The Bertz CT molecular complexity index is 1260. The molecule has 9 nitrogen and oxygen atoms in total. The number of ether oxygens (including phenoxy) is 1. The molecule has 0 radical (unpaired) electrons. The smallest absolute Gasteiger partial charge is 0.336 e. The number of hydrogen-bond acceptors (Lipinski definition) is 7. The van der Waals surface area contributed by atoms with Crippen molar-refractivity contribution in [1.82, 2.24) is 20.1 Å². The molecule has 1 saturated carbocycles. The summed E-state index contributed by atoms with van der Waals surface area (Å²) in [6.07, 6.45) is 2.94. The van der Waals surface area contributed by atoms with E-state index in [2.05, 4.69) is 21.5 Å². The zero-order valence-electron chi connectivity index (χ0n) is 18.2. The van der Waals surface area contributed by atoms with Gasteiger partial charge in [0.05, 0.1) is 11.3 Å². The summed E-state index contributed by atoms with van der Waals surface area (Å²) in [5, 5.41) is 27.0. The molecule has 0 aliphatic heterocycles. The number of benzene rings is 1. The van der Waals surface area contributed by atoms with Crippen LogP contribution < -0.4 is 15.8 Å². The molecule has 0 unspecified atom stereocenters. The van der Waals surface area contributed by atoms with Crippen LogP contribution in [0, 0.1) is 17.1 Å². The van der Waals surface area contributed by atoms with Gasteiger partial charge in [0, 0.05) is 42.5 Å². The molecule has 2 heterocycles. The van der Waals surface area contributed by atoms with Crippen molar-refractivity contribution in [3.05, 3.63) is 58.8 Å². The number of anilines is 1. The molecule has 4 rings (SSSR count). The Morgan fingerprint density at radius 1 is 1.45 bits per heavy atom. The van der Waals surface area contributed by atoms with Gasteiger partial charge in [0.2, 0.25) is 0 Å². The third-order valence-corrected chi connectivity index (χ3v) is 5.52. The molecule has 1 atom stereocenters. The minimum absolute atomic E-state index is 0.0703. The molecule has 1 aliphatic rings. The first-order valence-electron chi connectivity index (χ1n) is 10.4. The van der Waals surface area contributed by atoms with Crippen molar-refractivity contribution < 1.29 is 19.0 Å². The molecule has 0 saturated heterocycles. The lowest BCUT2D eigenvalue weighted by atomic mass is 10.0. The summed E-state index contributed by atoms with van der Waals surface area (Å²) >= 11 is 0. The van der Waals surface area contributed by atoms with Gasteiger partial charge in [-0.05, 0) is 44.0 Å². The summed E-state index contributed by atoms with van der Waals surface area (Å²) in [7, 11) is 1.70. The number of aryl methyl sites for hydroxylation is 1. The van der Waals surface area contributed by atoms with Gasteiger partial charge in [0.15, 0.2) is 11.6 Å². The summed E-state index contributed by atoms with van der Waals surface area (Å²) in [5.41, 5.74) is 8.39. The molecular formula is C23H23FN6O3. The molecule has 1 aliphatic carbocycles. The molecular weight excluding hydrogens is 427 g/mol. The van der Waals surface area contributed by atoms with E-state index in [-0.39, 0.29) is 22.7 Å². The average molecular weight is 450 g/mol. The number of nitriles is 1. The van der Waals surface area contributed by atoms with Crippen molar-refractivity contribution in [3.8, 4) is 22.9 Å². The average Bonchev–Trinajstić information content (AvgIpc) is 3.55. The minimum Gasteiger partial charge on any atom is -0.482 e. The Hall–Kier alpha value is -3.97. The zero-order chi connectivity index (χ0) is 23.7. The second-order valence-corrected chi connectivity index (χ2v) is 7.97. The number of halogens is 1. The van der Waals surface area contributed by atoms with Gasteiger partial charge >= 0.3 is 5.97 Å². The molecule has 0 bridgehead atoms. The van der Waals surface area contributed by atoms with Crippen molar-refractivity contribution in [2.75, 3.05) is 5.73 Å². The maximum absolute atomic E-state index is 13.8. The van der Waals surface area contributed by atoms with E-state index in [4.69, 9.17) is 10.5 Å². The predicted octanol–water partition coefficient (Wildman–Crippen LogP) is 3.17. The number of nitrogens with one attached hydrogen (secondary N) is 1. The largest absolute Gasteiger partial charge is 0.482 e. The summed E-state index contributed by atoms with van der Waals surface area (Å²) in [5.74, 6) is -1.50. The lowest BCUT2D eigenvalue weighted by Crippen LogP contribution is -2.16. The highest BCUT2D eigenvalue weighted by molar-refractivity contribution is 5.89. The molecule has 33 heavy (non-hydrogen) atoms. The highest BCUT2D eigenvalue weighted by atomic mass is 19.1. The van der Waals surface area contributed by atoms with E-state index >= 15 is 0 Å². The lowest BCUT2D eigenvalue weighted by molar-refractivity contribution is 0.0691. The van der Waals surface area contributed by atoms with Crippen LogP contribution in [0.4, 0.5) is 10.2 Å². The van der Waals surface area contributed by atoms with E-state index in [0.717, 1.165) is 25.0 Å². The number of carbonyl (C=O) groups is 1. The number of nitrogen functional groups attached to an aromatic ring is 1. The van der Waals surface area contributed by atoms with Crippen molar-refractivity contribution in [1.29, 1.82) is 5.26 Å². The SMILES string of the molecule is C[C@@H](Oc1cc(-c2c(CNC3CC3)nn(C)c2C#N)cnc1N)c1cc(F)ccc1C(=O)O. The van der Waals surface area contributed by atoms with Crippen LogP contribution in [0.25, 0.3) is 11.1 Å². The van der Waals surface area contributed by atoms with Crippen LogP contribution in [0.2, 0.25) is 0 Å². The fourth-order valence-corrected chi connectivity index (χ4v) is 3.67. The summed E-state index contributed by atoms with van der Waals surface area (Å²) in [6.45, 7) is 2.10. The van der Waals surface area contributed by atoms with Crippen LogP contribution >= 0.6 is 0 Å². The van der Waals surface area contributed by atoms with Crippen LogP contribution in [0.5, 0.6) is 5.75 Å². The lowest BCUT2D eigenvalue weighted by Gasteiger charge is -2.18. The number of aromatic nitrogens is 3. The zero-order valence-corrected chi connectivity index (χ0v) is 18.2. The number of carboxylic acid groups (broad SMARTS) is 1. The number of carboxylic acids is 1. The quantitative estimate of drug-likeness (QED) is 0.476. The van der Waals surface area contributed by atoms with E-state index in [1.807, 2.05) is 0 Å². The van der Waals surface area contributed by atoms with E-state index < -0.39 is 17.9 Å². The molecule has 1 aromatic carbocycles. The van der Waals surface area contributed by atoms with Crippen molar-refractivity contribution in [2.24, 2.45) is 7.05 Å². The molecule has 0 spiro atoms. The van der Waals surface area contributed by atoms with Crippen LogP contribution in [0.1, 0.15) is 53.2 Å². The van der Waals surface area contributed by atoms with Gasteiger partial charge in [-0.15, -0.1) is 0 Å². The van der Waals surface area contributed by atoms with Gasteiger partial charge in [0.25, 0.3) is 0 Å². The Kier molecular flexibility index (Phi) is 5.98. The molecule has 0 amide bonds. The topological polar surface area (TPSA) is 139 Å². The molecule has 10 heteroatoms. The number of rotatable bonds is 8. The van der Waals surface area contributed by atoms with E-state index in [1.54, 1.807) is 20.0 Å². The normalized spacial score (nSPS) is 14.0. The van der Waals surface area contributed by atoms with E-state index in [1.165, 1.54) is 16.9 Å². The standard InChI is InChI=1S/C23H23FN6O3/c1-12(17-8-14(24)3-6-16(17)23(31)32)33-20-7-13(10-28-22(20)26)21-18(11-27-15-4-5-15)29-30(2)19(21)9-25/h3,6-8,10,12,15,27H,4-5,11H2,1-2H3,(H2,26,28)(H,31,32)/t12-/m1/s1. The summed E-state index contributed by atoms with van der Waals surface area (Å²) in [4.78, 5) is 15.8. The van der Waals surface area contributed by atoms with E-state index in [9.17, 15) is 19.6 Å². The van der Waals surface area contributed by atoms with E-state index in [0.29, 0.717) is 35.1 Å². The fourth-order valence-electron chi connectivity index (χ4n) is 3.67. The Morgan fingerprint density at radius 2 is 2.21 bits per heavy atom. The first-order chi connectivity index (χ1) is 15.8. The minimum atomic E-state index is -1.19. The number of aromatic carboxylic acids is 1. The number of nitrogens with two attached hydrogens (primary N) is 1. The first kappa shape index (κ1) is 22.2. The highest BCUT2D eigenvalue weighted by Gasteiger charge is 2.25. The van der Waals surface area contributed by atoms with Crippen LogP contribution in [0.3, 0.4) is 0 Å². The second-order valence-electron chi connectivity index (χ2n) is 7.97. The Morgan fingerprint density at radius 3 is 2.88 bits per heavy atom. The molecule has 1 fully saturated rings. The summed E-state index contributed by atoms with van der Waals surface area (Å²) in [6, 6.07) is 7.68. The van der Waals surface area contributed by atoms with Gasteiger partial charge < -0.3 is 20.9 Å². The maximum atomic E-state index is 13.8. The molecule has 4 N–H and O–H groups in total. The van der Waals surface area contributed by atoms with Gasteiger partial charge in [-0.2, -0.15) is 10.4 Å². The van der Waals surface area contributed by atoms with Gasteiger partial charge in [-0.3, -0.25) is 4.68 Å². The van der Waals surface area contributed by atoms with Crippen molar-refractivity contribution >= 4 is 11.8 Å². The fraction of sp³-hybridized carbons (Fsp3) is 0.304. The number of pyridine rings is 1. The second kappa shape index (κ2) is 8.88. The van der Waals surface area contributed by atoms with Gasteiger partial charge in [0.1, 0.15) is 23.7 Å². The van der Waals surface area contributed by atoms with Crippen molar-refractivity contribution in [3.63, 3.8) is 0 Å². The maximum Gasteiger partial charge on any atom is 0.336 e. The predicted molar refractivity (Wildman–Crippen MR) is 118 cm³/mol. The summed E-state index contributed by atoms with van der Waals surface area (Å²) < 4.78 is 21.2. The van der Waals surface area contributed by atoms with Gasteiger partial charge in [-0.25, -0.2) is 14.2 Å². The monoisotopic (exact) mass is 450 g/mol. The third kappa shape index (κ3) is 4.63. The number of hydrogen-bond donors (Lipinski definition) is 3. The first-order valence-corrected chi connectivity index (χ1v) is 10.4.